The van der Waals surface area contributed by atoms with E-state index in [0.29, 0.717) is 11.0 Å². The lowest BCUT2D eigenvalue weighted by Gasteiger charge is -2.15. The summed E-state index contributed by atoms with van der Waals surface area (Å²) in [5.74, 6) is 0. The third kappa shape index (κ3) is 2.25. The van der Waals surface area contributed by atoms with Crippen LogP contribution >= 0.6 is 24.0 Å². The smallest absolute Gasteiger partial charge is 0.107 e. The van der Waals surface area contributed by atoms with Crippen molar-refractivity contribution in [3.8, 4) is 0 Å². The van der Waals surface area contributed by atoms with Gasteiger partial charge in [0.1, 0.15) is 4.99 Å². The summed E-state index contributed by atoms with van der Waals surface area (Å²) in [6, 6.07) is 6.63. The van der Waals surface area contributed by atoms with E-state index < -0.39 is 0 Å². The van der Waals surface area contributed by atoms with Crippen molar-refractivity contribution >= 4 is 34.7 Å². The van der Waals surface area contributed by atoms with Crippen LogP contribution in [0.1, 0.15) is 33.3 Å². The van der Waals surface area contributed by atoms with Crippen molar-refractivity contribution in [1.29, 1.82) is 0 Å². The van der Waals surface area contributed by atoms with Crippen LogP contribution < -0.4 is 11.1 Å². The summed E-state index contributed by atoms with van der Waals surface area (Å²) in [6.07, 6.45) is 2.05. The van der Waals surface area contributed by atoms with E-state index in [1.165, 1.54) is 0 Å². The molecule has 0 heterocycles. The molecule has 104 valence electrons. The van der Waals surface area contributed by atoms with Crippen molar-refractivity contribution in [1.82, 2.24) is 0 Å². The topological polar surface area (TPSA) is 38.0 Å². The number of rotatable bonds is 4. The number of nitrogens with two attached hydrogens (primary N) is 1. The Hall–Kier alpha value is -0.740. The van der Waals surface area contributed by atoms with Gasteiger partial charge in [0.25, 0.3) is 0 Å². The van der Waals surface area contributed by atoms with Gasteiger partial charge in [-0.25, -0.2) is 0 Å². The third-order valence-electron chi connectivity index (χ3n) is 4.81. The second kappa shape index (κ2) is 4.67. The van der Waals surface area contributed by atoms with Crippen LogP contribution in [0.5, 0.6) is 0 Å². The number of thiocarbonyl (C=S) groups is 1. The molecule has 1 aromatic rings. The standard InChI is InChI=1S/C15H22N2S2/c1-14(2)13(15(14,3)4)17-9-7-6-8-10(19-5)11(9)12(16)18/h6-8,13,17H,1-5H3,(H2,16,18). The minimum absolute atomic E-state index is 0.288. The third-order valence-corrected chi connectivity index (χ3v) is 5.80. The quantitative estimate of drug-likeness (QED) is 0.652. The first-order valence-corrected chi connectivity index (χ1v) is 8.10. The first-order valence-electron chi connectivity index (χ1n) is 6.47. The molecule has 1 aliphatic rings. The Balaban J connectivity index is 2.35. The molecule has 0 saturated heterocycles. The maximum Gasteiger partial charge on any atom is 0.107 e. The summed E-state index contributed by atoms with van der Waals surface area (Å²) in [7, 11) is 0. The van der Waals surface area contributed by atoms with E-state index in [4.69, 9.17) is 18.0 Å². The van der Waals surface area contributed by atoms with Gasteiger partial charge in [0.05, 0.1) is 0 Å². The van der Waals surface area contributed by atoms with Gasteiger partial charge in [-0.1, -0.05) is 46.0 Å². The summed E-state index contributed by atoms with van der Waals surface area (Å²) in [4.78, 5) is 1.59. The van der Waals surface area contributed by atoms with E-state index in [2.05, 4.69) is 51.2 Å². The average Bonchev–Trinajstić information content (AvgIpc) is 2.71. The lowest BCUT2D eigenvalue weighted by molar-refractivity contribution is 0.457. The van der Waals surface area contributed by atoms with E-state index >= 15 is 0 Å². The largest absolute Gasteiger partial charge is 0.389 e. The molecule has 1 saturated carbocycles. The monoisotopic (exact) mass is 294 g/mol. The maximum absolute atomic E-state index is 5.90. The number of hydrogen-bond donors (Lipinski definition) is 2. The van der Waals surface area contributed by atoms with Crippen LogP contribution in [0.4, 0.5) is 5.69 Å². The molecule has 0 aromatic heterocycles. The first-order chi connectivity index (χ1) is 8.73. The van der Waals surface area contributed by atoms with Crippen LogP contribution in [-0.2, 0) is 0 Å². The molecule has 0 bridgehead atoms. The molecule has 1 aliphatic carbocycles. The number of anilines is 1. The normalized spacial score (nSPS) is 20.1. The van der Waals surface area contributed by atoms with Gasteiger partial charge in [0.2, 0.25) is 0 Å². The Kier molecular flexibility index (Phi) is 3.60. The van der Waals surface area contributed by atoms with Crippen molar-refractivity contribution in [3.63, 3.8) is 0 Å². The Bertz CT molecular complexity index is 507. The van der Waals surface area contributed by atoms with E-state index in [9.17, 15) is 0 Å². The van der Waals surface area contributed by atoms with Crippen molar-refractivity contribution in [2.45, 2.75) is 38.6 Å². The average molecular weight is 294 g/mol. The van der Waals surface area contributed by atoms with Gasteiger partial charge < -0.3 is 11.1 Å². The van der Waals surface area contributed by atoms with Crippen LogP contribution in [0, 0.1) is 10.8 Å². The Morgan fingerprint density at radius 1 is 1.26 bits per heavy atom. The molecule has 19 heavy (non-hydrogen) atoms. The number of hydrogen-bond acceptors (Lipinski definition) is 3. The Morgan fingerprint density at radius 3 is 2.26 bits per heavy atom. The molecule has 0 aliphatic heterocycles. The highest BCUT2D eigenvalue weighted by atomic mass is 32.2. The van der Waals surface area contributed by atoms with Crippen LogP contribution in [0.2, 0.25) is 0 Å². The molecule has 0 atom stereocenters. The van der Waals surface area contributed by atoms with Crippen LogP contribution in [0.3, 0.4) is 0 Å². The highest BCUT2D eigenvalue weighted by molar-refractivity contribution is 7.98. The summed E-state index contributed by atoms with van der Waals surface area (Å²) >= 11 is 6.89. The minimum Gasteiger partial charge on any atom is -0.389 e. The number of nitrogens with one attached hydrogen (secondary N) is 1. The SMILES string of the molecule is CSc1cccc(NC2C(C)(C)C2(C)C)c1C(N)=S. The van der Waals surface area contributed by atoms with E-state index in [1.54, 1.807) is 11.8 Å². The zero-order valence-corrected chi connectivity index (χ0v) is 13.8. The molecule has 2 rings (SSSR count). The molecule has 0 radical (unpaired) electrons. The van der Waals surface area contributed by atoms with Gasteiger partial charge in [-0.15, -0.1) is 11.8 Å². The summed E-state index contributed by atoms with van der Waals surface area (Å²) in [5, 5.41) is 3.64. The predicted molar refractivity (Wildman–Crippen MR) is 89.1 cm³/mol. The molecule has 0 amide bonds. The lowest BCUT2D eigenvalue weighted by Crippen LogP contribution is -2.17. The van der Waals surface area contributed by atoms with Gasteiger partial charge >= 0.3 is 0 Å². The minimum atomic E-state index is 0.288. The van der Waals surface area contributed by atoms with E-state index in [1.807, 2.05) is 6.26 Å². The van der Waals surface area contributed by atoms with Crippen molar-refractivity contribution in [3.05, 3.63) is 23.8 Å². The molecule has 0 spiro atoms. The zero-order valence-electron chi connectivity index (χ0n) is 12.2. The molecule has 0 unspecified atom stereocenters. The number of thioether (sulfide) groups is 1. The maximum atomic E-state index is 5.90. The Morgan fingerprint density at radius 2 is 1.84 bits per heavy atom. The van der Waals surface area contributed by atoms with Gasteiger partial charge in [0, 0.05) is 22.2 Å². The highest BCUT2D eigenvalue weighted by Gasteiger charge is 2.65. The Labute approximate surface area is 125 Å². The van der Waals surface area contributed by atoms with Gasteiger partial charge in [-0.05, 0) is 29.2 Å². The summed E-state index contributed by atoms with van der Waals surface area (Å²) < 4.78 is 0. The van der Waals surface area contributed by atoms with Crippen LogP contribution in [0.25, 0.3) is 0 Å². The number of benzene rings is 1. The molecule has 1 fully saturated rings. The fourth-order valence-electron chi connectivity index (χ4n) is 2.79. The predicted octanol–water partition coefficient (Wildman–Crippen LogP) is 3.89. The first kappa shape index (κ1) is 14.7. The van der Waals surface area contributed by atoms with Crippen molar-refractivity contribution in [2.75, 3.05) is 11.6 Å². The second-order valence-corrected chi connectivity index (χ2v) is 7.56. The summed E-state index contributed by atoms with van der Waals surface area (Å²) in [5.41, 5.74) is 8.51. The molecule has 4 heteroatoms. The molecule has 2 nitrogen and oxygen atoms in total. The lowest BCUT2D eigenvalue weighted by atomic mass is 10.0. The van der Waals surface area contributed by atoms with Gasteiger partial charge in [-0.3, -0.25) is 0 Å². The van der Waals surface area contributed by atoms with Crippen LogP contribution in [0.15, 0.2) is 23.1 Å². The highest BCUT2D eigenvalue weighted by Crippen LogP contribution is 2.63. The molecular formula is C15H22N2S2. The van der Waals surface area contributed by atoms with Gasteiger partial charge in [0.15, 0.2) is 0 Å². The second-order valence-electron chi connectivity index (χ2n) is 6.27. The fraction of sp³-hybridized carbons (Fsp3) is 0.533. The van der Waals surface area contributed by atoms with Gasteiger partial charge in [-0.2, -0.15) is 0 Å². The van der Waals surface area contributed by atoms with E-state index in [-0.39, 0.29) is 10.8 Å². The fourth-order valence-corrected chi connectivity index (χ4v) is 3.71. The zero-order chi connectivity index (χ0) is 14.4. The van der Waals surface area contributed by atoms with Crippen molar-refractivity contribution in [2.24, 2.45) is 16.6 Å². The summed E-state index contributed by atoms with van der Waals surface area (Å²) in [6.45, 7) is 9.18. The molecule has 3 N–H and O–H groups in total. The van der Waals surface area contributed by atoms with E-state index in [0.717, 1.165) is 16.1 Å². The van der Waals surface area contributed by atoms with Crippen LogP contribution in [-0.4, -0.2) is 17.3 Å². The molecular weight excluding hydrogens is 272 g/mol. The molecule has 1 aromatic carbocycles. The van der Waals surface area contributed by atoms with Crippen molar-refractivity contribution < 1.29 is 0 Å².